The maximum atomic E-state index is 13.5. The van der Waals surface area contributed by atoms with Crippen LogP contribution in [0.4, 0.5) is 4.39 Å². The van der Waals surface area contributed by atoms with E-state index in [-0.39, 0.29) is 36.4 Å². The van der Waals surface area contributed by atoms with Gasteiger partial charge in [0.2, 0.25) is 5.91 Å². The number of fused-ring (bicyclic) bond motifs is 1. The molecule has 2 amide bonds. The van der Waals surface area contributed by atoms with Crippen LogP contribution in [0.5, 0.6) is 0 Å². The van der Waals surface area contributed by atoms with E-state index in [2.05, 4.69) is 25.5 Å². The predicted molar refractivity (Wildman–Crippen MR) is 96.4 cm³/mol. The first-order valence-corrected chi connectivity index (χ1v) is 8.72. The molecular formula is C18H18FN7O2. The smallest absolute Gasteiger partial charge is 0.269 e. The fourth-order valence-electron chi connectivity index (χ4n) is 3.37. The Morgan fingerprint density at radius 2 is 2.21 bits per heavy atom. The number of rotatable bonds is 4. The molecule has 2 N–H and O–H groups in total. The van der Waals surface area contributed by atoms with Gasteiger partial charge >= 0.3 is 0 Å². The van der Waals surface area contributed by atoms with Crippen LogP contribution in [-0.4, -0.2) is 48.5 Å². The summed E-state index contributed by atoms with van der Waals surface area (Å²) in [7, 11) is 1.52. The van der Waals surface area contributed by atoms with E-state index in [0.717, 1.165) is 0 Å². The summed E-state index contributed by atoms with van der Waals surface area (Å²) in [4.78, 5) is 33.5. The van der Waals surface area contributed by atoms with Gasteiger partial charge < -0.3 is 15.2 Å². The average Bonchev–Trinajstić information content (AvgIpc) is 3.32. The molecule has 144 valence electrons. The molecule has 0 unspecified atom stereocenters. The summed E-state index contributed by atoms with van der Waals surface area (Å²) >= 11 is 0. The van der Waals surface area contributed by atoms with Gasteiger partial charge in [0.05, 0.1) is 12.9 Å². The van der Waals surface area contributed by atoms with Crippen molar-refractivity contribution in [3.8, 4) is 11.5 Å². The Bertz CT molecular complexity index is 1060. The van der Waals surface area contributed by atoms with Crippen LogP contribution in [0.1, 0.15) is 34.8 Å². The van der Waals surface area contributed by atoms with Crippen molar-refractivity contribution in [2.24, 2.45) is 0 Å². The second kappa shape index (κ2) is 6.87. The van der Waals surface area contributed by atoms with Crippen molar-refractivity contribution in [3.05, 3.63) is 53.5 Å². The Kier molecular flexibility index (Phi) is 4.38. The molecule has 0 spiro atoms. The van der Waals surface area contributed by atoms with Gasteiger partial charge in [0.25, 0.3) is 5.91 Å². The first-order chi connectivity index (χ1) is 13.5. The highest BCUT2D eigenvalue weighted by atomic mass is 19.1. The summed E-state index contributed by atoms with van der Waals surface area (Å²) in [5.74, 6) is 0.0911. The monoisotopic (exact) mass is 383 g/mol. The normalized spacial score (nSPS) is 16.2. The SMILES string of the molecule is CNC(=O)c1[nH]cnc1-c1nnc2n1[C@@H](C)C(=O)N(Cc1cccc(F)c1)C2. The fourth-order valence-corrected chi connectivity index (χ4v) is 3.37. The summed E-state index contributed by atoms with van der Waals surface area (Å²) in [5, 5.41) is 10.9. The van der Waals surface area contributed by atoms with E-state index in [9.17, 15) is 14.0 Å². The maximum Gasteiger partial charge on any atom is 0.269 e. The molecule has 0 saturated carbocycles. The van der Waals surface area contributed by atoms with Crippen molar-refractivity contribution in [3.63, 3.8) is 0 Å². The minimum Gasteiger partial charge on any atom is -0.354 e. The van der Waals surface area contributed by atoms with Gasteiger partial charge in [-0.05, 0) is 24.6 Å². The lowest BCUT2D eigenvalue weighted by Crippen LogP contribution is -2.41. The van der Waals surface area contributed by atoms with E-state index in [1.165, 1.54) is 25.5 Å². The van der Waals surface area contributed by atoms with Crippen LogP contribution < -0.4 is 5.32 Å². The summed E-state index contributed by atoms with van der Waals surface area (Å²) in [6, 6.07) is 5.56. The molecule has 0 fully saturated rings. The van der Waals surface area contributed by atoms with Gasteiger partial charge in [0.1, 0.15) is 23.2 Å². The van der Waals surface area contributed by atoms with Crippen LogP contribution in [0.15, 0.2) is 30.6 Å². The number of nitrogens with zero attached hydrogens (tertiary/aromatic N) is 5. The van der Waals surface area contributed by atoms with Crippen LogP contribution in [0.3, 0.4) is 0 Å². The molecule has 28 heavy (non-hydrogen) atoms. The average molecular weight is 383 g/mol. The first kappa shape index (κ1) is 17.8. The number of H-pyrrole nitrogens is 1. The van der Waals surface area contributed by atoms with Gasteiger partial charge in [0.15, 0.2) is 11.6 Å². The van der Waals surface area contributed by atoms with Gasteiger partial charge in [-0.3, -0.25) is 14.2 Å². The van der Waals surface area contributed by atoms with Crippen molar-refractivity contribution >= 4 is 11.8 Å². The second-order valence-electron chi connectivity index (χ2n) is 6.52. The minimum absolute atomic E-state index is 0.144. The van der Waals surface area contributed by atoms with Crippen LogP contribution in [0.25, 0.3) is 11.5 Å². The molecule has 1 atom stereocenters. The Morgan fingerprint density at radius 1 is 1.39 bits per heavy atom. The van der Waals surface area contributed by atoms with E-state index >= 15 is 0 Å². The number of halogens is 1. The molecule has 0 bridgehead atoms. The molecule has 0 aliphatic carbocycles. The standard InChI is InChI=1S/C18H18FN7O2/c1-10-18(28)25(7-11-4-3-5-12(19)6-11)8-13-23-24-16(26(10)13)14-15(17(27)20-2)22-9-21-14/h3-6,9-10H,7-8H2,1-2H3,(H,20,27)(H,21,22)/t10-/m0/s1. The lowest BCUT2D eigenvalue weighted by atomic mass is 10.1. The summed E-state index contributed by atoms with van der Waals surface area (Å²) < 4.78 is 15.1. The molecule has 1 aromatic carbocycles. The van der Waals surface area contributed by atoms with Gasteiger partial charge in [-0.1, -0.05) is 12.1 Å². The van der Waals surface area contributed by atoms with Crippen molar-refractivity contribution in [1.29, 1.82) is 0 Å². The molecule has 10 heteroatoms. The van der Waals surface area contributed by atoms with Crippen molar-refractivity contribution in [2.45, 2.75) is 26.1 Å². The van der Waals surface area contributed by atoms with Crippen LogP contribution in [-0.2, 0) is 17.9 Å². The molecule has 2 aromatic heterocycles. The lowest BCUT2D eigenvalue weighted by Gasteiger charge is -2.32. The van der Waals surface area contributed by atoms with Crippen LogP contribution in [0, 0.1) is 5.82 Å². The largest absolute Gasteiger partial charge is 0.354 e. The van der Waals surface area contributed by atoms with Crippen molar-refractivity contribution in [2.75, 3.05) is 7.05 Å². The fraction of sp³-hybridized carbons (Fsp3) is 0.278. The zero-order valence-electron chi connectivity index (χ0n) is 15.3. The number of hydrogen-bond acceptors (Lipinski definition) is 5. The zero-order valence-corrected chi connectivity index (χ0v) is 15.3. The number of nitrogens with one attached hydrogen (secondary N) is 2. The molecule has 1 aliphatic rings. The predicted octanol–water partition coefficient (Wildman–Crippen LogP) is 1.27. The number of imidazole rings is 1. The highest BCUT2D eigenvalue weighted by Gasteiger charge is 2.35. The highest BCUT2D eigenvalue weighted by molar-refractivity contribution is 5.97. The Morgan fingerprint density at radius 3 is 2.96 bits per heavy atom. The molecule has 1 aliphatic heterocycles. The zero-order chi connectivity index (χ0) is 19.8. The summed E-state index contributed by atoms with van der Waals surface area (Å²) in [6.07, 6.45) is 1.40. The van der Waals surface area contributed by atoms with E-state index in [0.29, 0.717) is 22.9 Å². The van der Waals surface area contributed by atoms with Crippen LogP contribution in [0.2, 0.25) is 0 Å². The Hall–Kier alpha value is -3.56. The number of amides is 2. The van der Waals surface area contributed by atoms with Gasteiger partial charge in [-0.25, -0.2) is 9.37 Å². The molecular weight excluding hydrogens is 365 g/mol. The number of hydrogen-bond donors (Lipinski definition) is 2. The molecule has 0 saturated heterocycles. The van der Waals surface area contributed by atoms with Gasteiger partial charge in [0, 0.05) is 13.6 Å². The maximum absolute atomic E-state index is 13.5. The van der Waals surface area contributed by atoms with Crippen molar-refractivity contribution < 1.29 is 14.0 Å². The summed E-state index contributed by atoms with van der Waals surface area (Å²) in [6.45, 7) is 2.24. The van der Waals surface area contributed by atoms with E-state index in [4.69, 9.17) is 0 Å². The van der Waals surface area contributed by atoms with Crippen LogP contribution >= 0.6 is 0 Å². The number of carbonyl (C=O) groups is 2. The second-order valence-corrected chi connectivity index (χ2v) is 6.52. The Balaban J connectivity index is 1.67. The number of aromatic amines is 1. The topological polar surface area (TPSA) is 109 Å². The van der Waals surface area contributed by atoms with Gasteiger partial charge in [-0.2, -0.15) is 0 Å². The lowest BCUT2D eigenvalue weighted by molar-refractivity contribution is -0.137. The quantitative estimate of drug-likeness (QED) is 0.705. The minimum atomic E-state index is -0.587. The Labute approximate surface area is 159 Å². The number of carbonyl (C=O) groups excluding carboxylic acids is 2. The molecule has 9 nitrogen and oxygen atoms in total. The van der Waals surface area contributed by atoms with E-state index < -0.39 is 6.04 Å². The third-order valence-electron chi connectivity index (χ3n) is 4.72. The first-order valence-electron chi connectivity index (χ1n) is 8.72. The van der Waals surface area contributed by atoms with Gasteiger partial charge in [-0.15, -0.1) is 10.2 Å². The molecule has 3 aromatic rings. The molecule has 4 rings (SSSR count). The molecule has 3 heterocycles. The number of aromatic nitrogens is 5. The van der Waals surface area contributed by atoms with E-state index in [1.807, 2.05) is 0 Å². The summed E-state index contributed by atoms with van der Waals surface area (Å²) in [5.41, 5.74) is 1.28. The third kappa shape index (κ3) is 2.92. The van der Waals surface area contributed by atoms with E-state index in [1.54, 1.807) is 28.5 Å². The highest BCUT2D eigenvalue weighted by Crippen LogP contribution is 2.29. The molecule has 0 radical (unpaired) electrons. The van der Waals surface area contributed by atoms with Crippen molar-refractivity contribution in [1.82, 2.24) is 34.9 Å². The number of benzene rings is 1. The third-order valence-corrected chi connectivity index (χ3v) is 4.72.